The first-order valence-corrected chi connectivity index (χ1v) is 28.5. The first-order valence-electron chi connectivity index (χ1n) is 28.5. The van der Waals surface area contributed by atoms with Crippen LogP contribution in [0, 0.1) is 0 Å². The molecule has 0 aromatic rings. The van der Waals surface area contributed by atoms with Gasteiger partial charge < -0.3 is 40.3 Å². The summed E-state index contributed by atoms with van der Waals surface area (Å²) < 4.78 is 11.3. The second-order valence-electron chi connectivity index (χ2n) is 20.1. The van der Waals surface area contributed by atoms with E-state index in [4.69, 9.17) is 9.47 Å². The van der Waals surface area contributed by atoms with Gasteiger partial charge in [-0.2, -0.15) is 0 Å². The summed E-state index contributed by atoms with van der Waals surface area (Å²) >= 11 is 0. The highest BCUT2D eigenvalue weighted by Crippen LogP contribution is 2.23. The zero-order valence-electron chi connectivity index (χ0n) is 43.2. The van der Waals surface area contributed by atoms with E-state index in [1.807, 2.05) is 0 Å². The molecule has 1 aliphatic rings. The maximum atomic E-state index is 13.1. The lowest BCUT2D eigenvalue weighted by Gasteiger charge is -2.40. The third kappa shape index (κ3) is 36.6. The molecule has 66 heavy (non-hydrogen) atoms. The summed E-state index contributed by atoms with van der Waals surface area (Å²) in [5.41, 5.74) is 0. The zero-order valence-corrected chi connectivity index (χ0v) is 43.2. The zero-order chi connectivity index (χ0) is 48.0. The van der Waals surface area contributed by atoms with E-state index in [2.05, 4.69) is 43.5 Å². The minimum absolute atomic E-state index is 0.134. The highest BCUT2D eigenvalue weighted by Gasteiger charge is 2.44. The molecule has 1 amide bonds. The lowest BCUT2D eigenvalue weighted by Crippen LogP contribution is -2.60. The molecule has 9 nitrogen and oxygen atoms in total. The van der Waals surface area contributed by atoms with E-state index in [1.165, 1.54) is 205 Å². The SMILES string of the molecule is CCCCCCC/C=C\C/C=C\CCCCCCCCCCCCCCCCCC(=O)NC(COC1OC(CO)C(O)C(O)C1O)C(O)CCCCCCCCCCCCCCCCCC. The monoisotopic (exact) mass is 936 g/mol. The average molecular weight is 936 g/mol. The van der Waals surface area contributed by atoms with Crippen LogP contribution < -0.4 is 5.32 Å². The lowest BCUT2D eigenvalue weighted by molar-refractivity contribution is -0.302. The van der Waals surface area contributed by atoms with Crippen molar-refractivity contribution in [1.82, 2.24) is 5.32 Å². The van der Waals surface area contributed by atoms with Gasteiger partial charge >= 0.3 is 0 Å². The van der Waals surface area contributed by atoms with Crippen LogP contribution in [0.3, 0.4) is 0 Å². The molecule has 7 atom stereocenters. The largest absolute Gasteiger partial charge is 0.394 e. The van der Waals surface area contributed by atoms with Crippen LogP contribution in [0.15, 0.2) is 24.3 Å². The number of ether oxygens (including phenoxy) is 2. The minimum atomic E-state index is -1.55. The molecule has 0 aromatic heterocycles. The number of nitrogens with one attached hydrogen (secondary N) is 1. The molecule has 0 aliphatic carbocycles. The highest BCUT2D eigenvalue weighted by molar-refractivity contribution is 5.76. The number of unbranched alkanes of at least 4 members (excludes halogenated alkanes) is 35. The summed E-state index contributed by atoms with van der Waals surface area (Å²) in [6, 6.07) is -0.717. The number of hydrogen-bond donors (Lipinski definition) is 6. The van der Waals surface area contributed by atoms with Crippen molar-refractivity contribution in [2.75, 3.05) is 13.2 Å². The second-order valence-corrected chi connectivity index (χ2v) is 20.1. The third-order valence-electron chi connectivity index (χ3n) is 13.8. The van der Waals surface area contributed by atoms with Gasteiger partial charge in [0.2, 0.25) is 5.91 Å². The first-order chi connectivity index (χ1) is 32.3. The Labute approximate surface area is 407 Å². The van der Waals surface area contributed by atoms with Crippen LogP contribution in [0.2, 0.25) is 0 Å². The van der Waals surface area contributed by atoms with Gasteiger partial charge in [0.05, 0.1) is 25.4 Å². The molecule has 1 saturated heterocycles. The van der Waals surface area contributed by atoms with Crippen LogP contribution in [-0.2, 0) is 14.3 Å². The summed E-state index contributed by atoms with van der Waals surface area (Å²) in [4.78, 5) is 13.1. The van der Waals surface area contributed by atoms with Gasteiger partial charge in [0.25, 0.3) is 0 Å². The van der Waals surface area contributed by atoms with E-state index in [0.717, 1.165) is 44.9 Å². The Morgan fingerprint density at radius 1 is 0.515 bits per heavy atom. The van der Waals surface area contributed by atoms with E-state index in [1.54, 1.807) is 0 Å². The molecule has 9 heteroatoms. The Kier molecular flexibility index (Phi) is 45.0. The summed E-state index contributed by atoms with van der Waals surface area (Å²) in [5, 5.41) is 54.6. The predicted molar refractivity (Wildman–Crippen MR) is 277 cm³/mol. The van der Waals surface area contributed by atoms with Crippen molar-refractivity contribution in [3.8, 4) is 0 Å². The number of hydrogen-bond acceptors (Lipinski definition) is 8. The molecule has 6 N–H and O–H groups in total. The number of aliphatic hydroxyl groups excluding tert-OH is 5. The lowest BCUT2D eigenvalue weighted by atomic mass is 9.99. The third-order valence-corrected chi connectivity index (χ3v) is 13.8. The Bertz CT molecular complexity index is 1090. The molecular weight excluding hydrogens is 827 g/mol. The molecular formula is C57H109NO8. The minimum Gasteiger partial charge on any atom is -0.394 e. The number of rotatable bonds is 49. The van der Waals surface area contributed by atoms with E-state index in [0.29, 0.717) is 12.8 Å². The smallest absolute Gasteiger partial charge is 0.220 e. The van der Waals surface area contributed by atoms with Crippen LogP contribution >= 0.6 is 0 Å². The molecule has 0 radical (unpaired) electrons. The van der Waals surface area contributed by atoms with Crippen molar-refractivity contribution in [1.29, 1.82) is 0 Å². The quantitative estimate of drug-likeness (QED) is 0.0261. The molecule has 0 bridgehead atoms. The molecule has 1 fully saturated rings. The van der Waals surface area contributed by atoms with Crippen molar-refractivity contribution >= 4 is 5.91 Å². The van der Waals surface area contributed by atoms with E-state index in [9.17, 15) is 30.3 Å². The highest BCUT2D eigenvalue weighted by atomic mass is 16.7. The number of amides is 1. The maximum Gasteiger partial charge on any atom is 0.220 e. The van der Waals surface area contributed by atoms with Gasteiger partial charge in [-0.3, -0.25) is 4.79 Å². The standard InChI is InChI=1S/C57H109NO8/c1-3-5-7-9-11-13-15-17-19-21-22-23-24-25-26-27-28-29-30-31-33-35-37-39-41-43-45-47-53(61)58-50(49-65-57-56(64)55(63)54(62)52(48-59)66-57)51(60)46-44-42-40-38-36-34-32-20-18-16-14-12-10-8-6-4-2/h15,17,21-22,50-52,54-57,59-60,62-64H,3-14,16,18-20,23-49H2,1-2H3,(H,58,61)/b17-15-,22-21-. The van der Waals surface area contributed by atoms with Crippen molar-refractivity contribution in [2.45, 2.75) is 320 Å². The summed E-state index contributed by atoms with van der Waals surface area (Å²) in [6.07, 6.45) is 52.0. The average Bonchev–Trinajstić information content (AvgIpc) is 3.32. The summed E-state index contributed by atoms with van der Waals surface area (Å²) in [6.45, 7) is 3.85. The van der Waals surface area contributed by atoms with Gasteiger partial charge in [0.15, 0.2) is 6.29 Å². The fourth-order valence-electron chi connectivity index (χ4n) is 9.25. The molecule has 0 spiro atoms. The van der Waals surface area contributed by atoms with Gasteiger partial charge in [-0.05, 0) is 44.9 Å². The van der Waals surface area contributed by atoms with Gasteiger partial charge in [0, 0.05) is 6.42 Å². The van der Waals surface area contributed by atoms with E-state index in [-0.39, 0.29) is 12.5 Å². The van der Waals surface area contributed by atoms with Crippen LogP contribution in [0.25, 0.3) is 0 Å². The van der Waals surface area contributed by atoms with Crippen LogP contribution in [0.5, 0.6) is 0 Å². The number of carbonyl (C=O) groups is 1. The number of carbonyl (C=O) groups excluding carboxylic acids is 1. The van der Waals surface area contributed by atoms with Gasteiger partial charge in [-0.15, -0.1) is 0 Å². The van der Waals surface area contributed by atoms with Crippen LogP contribution in [-0.4, -0.2) is 87.5 Å². The Hall–Kier alpha value is -1.33. The predicted octanol–water partition coefficient (Wildman–Crippen LogP) is 13.8. The molecule has 7 unspecified atom stereocenters. The van der Waals surface area contributed by atoms with Crippen LogP contribution in [0.4, 0.5) is 0 Å². The Morgan fingerprint density at radius 3 is 1.30 bits per heavy atom. The topological polar surface area (TPSA) is 149 Å². The van der Waals surface area contributed by atoms with Crippen LogP contribution in [0.1, 0.15) is 277 Å². The fourth-order valence-corrected chi connectivity index (χ4v) is 9.25. The number of aliphatic hydroxyl groups is 5. The molecule has 1 rings (SSSR count). The van der Waals surface area contributed by atoms with E-state index < -0.39 is 49.5 Å². The Balaban J connectivity index is 2.17. The fraction of sp³-hybridized carbons (Fsp3) is 0.912. The molecule has 0 saturated carbocycles. The molecule has 1 aliphatic heterocycles. The second kappa shape index (κ2) is 47.4. The summed E-state index contributed by atoms with van der Waals surface area (Å²) in [7, 11) is 0. The molecule has 1 heterocycles. The van der Waals surface area contributed by atoms with Crippen molar-refractivity contribution in [3.05, 3.63) is 24.3 Å². The van der Waals surface area contributed by atoms with Crippen molar-refractivity contribution < 1.29 is 39.8 Å². The van der Waals surface area contributed by atoms with Gasteiger partial charge in [0.1, 0.15) is 24.4 Å². The normalized spacial score (nSPS) is 19.9. The van der Waals surface area contributed by atoms with Gasteiger partial charge in [-0.25, -0.2) is 0 Å². The maximum absolute atomic E-state index is 13.1. The van der Waals surface area contributed by atoms with Gasteiger partial charge in [-0.1, -0.05) is 250 Å². The number of allylic oxidation sites excluding steroid dienone is 4. The molecule has 390 valence electrons. The Morgan fingerprint density at radius 2 is 0.894 bits per heavy atom. The first kappa shape index (κ1) is 62.7. The molecule has 0 aromatic carbocycles. The van der Waals surface area contributed by atoms with E-state index >= 15 is 0 Å². The van der Waals surface area contributed by atoms with Crippen molar-refractivity contribution in [2.24, 2.45) is 0 Å². The van der Waals surface area contributed by atoms with Crippen molar-refractivity contribution in [3.63, 3.8) is 0 Å². The summed E-state index contributed by atoms with van der Waals surface area (Å²) in [5.74, 6) is -0.141.